The minimum absolute atomic E-state index is 0.0726. The Morgan fingerprint density at radius 3 is 2.74 bits per heavy atom. The van der Waals surface area contributed by atoms with E-state index in [4.69, 9.17) is 13.6 Å². The summed E-state index contributed by atoms with van der Waals surface area (Å²) in [7, 11) is 0. The molecule has 2 aromatic heterocycles. The lowest BCUT2D eigenvalue weighted by Crippen LogP contribution is -2.48. The van der Waals surface area contributed by atoms with Crippen LogP contribution in [0.25, 0.3) is 11.7 Å². The van der Waals surface area contributed by atoms with Crippen LogP contribution in [0.2, 0.25) is 0 Å². The SMILES string of the molecule is C[C@@H]1CN(C[C@@H](O)Cn2nc(-c3ccco3)oc2=O)C[C@H](C)O1. The smallest absolute Gasteiger partial charge is 0.437 e. The van der Waals surface area contributed by atoms with Crippen molar-refractivity contribution in [3.8, 4) is 11.7 Å². The number of aromatic nitrogens is 2. The quantitative estimate of drug-likeness (QED) is 0.859. The van der Waals surface area contributed by atoms with E-state index >= 15 is 0 Å². The summed E-state index contributed by atoms with van der Waals surface area (Å²) < 4.78 is 17.0. The maximum atomic E-state index is 11.8. The molecular weight excluding hydrogens is 302 g/mol. The highest BCUT2D eigenvalue weighted by Crippen LogP contribution is 2.15. The lowest BCUT2D eigenvalue weighted by Gasteiger charge is -2.36. The van der Waals surface area contributed by atoms with Crippen LogP contribution in [0.1, 0.15) is 13.8 Å². The molecule has 1 aliphatic heterocycles. The Hall–Kier alpha value is -1.90. The van der Waals surface area contributed by atoms with E-state index in [1.54, 1.807) is 12.1 Å². The first kappa shape index (κ1) is 16.0. The van der Waals surface area contributed by atoms with Crippen LogP contribution in [-0.4, -0.2) is 57.7 Å². The number of rotatable bonds is 5. The van der Waals surface area contributed by atoms with Crippen LogP contribution in [-0.2, 0) is 11.3 Å². The van der Waals surface area contributed by atoms with Gasteiger partial charge in [0.1, 0.15) is 0 Å². The number of furan rings is 1. The normalized spacial score (nSPS) is 24.0. The molecule has 3 atom stereocenters. The molecule has 0 aromatic carbocycles. The van der Waals surface area contributed by atoms with Crippen molar-refractivity contribution >= 4 is 0 Å². The van der Waals surface area contributed by atoms with E-state index in [0.29, 0.717) is 12.3 Å². The lowest BCUT2D eigenvalue weighted by molar-refractivity contribution is -0.0775. The third kappa shape index (κ3) is 3.90. The minimum atomic E-state index is -0.722. The molecule has 1 aliphatic rings. The van der Waals surface area contributed by atoms with Gasteiger partial charge < -0.3 is 18.7 Å². The van der Waals surface area contributed by atoms with Crippen LogP contribution in [0, 0.1) is 0 Å². The fraction of sp³-hybridized carbons (Fsp3) is 0.600. The van der Waals surface area contributed by atoms with Crippen LogP contribution in [0.3, 0.4) is 0 Å². The number of hydrogen-bond donors (Lipinski definition) is 1. The molecule has 1 N–H and O–H groups in total. The van der Waals surface area contributed by atoms with E-state index in [1.807, 2.05) is 13.8 Å². The van der Waals surface area contributed by atoms with Crippen LogP contribution in [0.4, 0.5) is 0 Å². The standard InChI is InChI=1S/C15H21N3O5/c1-10-6-17(7-11(2)22-10)8-12(19)9-18-15(20)23-14(16-18)13-4-3-5-21-13/h3-5,10-12,19H,6-9H2,1-2H3/t10-,11+,12-/m1/s1. The summed E-state index contributed by atoms with van der Waals surface area (Å²) >= 11 is 0. The first-order chi connectivity index (χ1) is 11.0. The Balaban J connectivity index is 1.62. The average Bonchev–Trinajstić information content (AvgIpc) is 3.08. The van der Waals surface area contributed by atoms with E-state index in [9.17, 15) is 9.90 Å². The molecule has 1 fully saturated rings. The highest BCUT2D eigenvalue weighted by atomic mass is 16.5. The van der Waals surface area contributed by atoms with Gasteiger partial charge in [-0.1, -0.05) is 0 Å². The second-order valence-corrected chi connectivity index (χ2v) is 5.96. The van der Waals surface area contributed by atoms with Crippen molar-refractivity contribution in [2.24, 2.45) is 0 Å². The van der Waals surface area contributed by atoms with Gasteiger partial charge in [0.05, 0.1) is 31.1 Å². The van der Waals surface area contributed by atoms with Crippen molar-refractivity contribution in [3.63, 3.8) is 0 Å². The maximum Gasteiger partial charge on any atom is 0.437 e. The Morgan fingerprint density at radius 2 is 2.09 bits per heavy atom. The Labute approximate surface area is 133 Å². The molecule has 0 spiro atoms. The molecule has 3 rings (SSSR count). The van der Waals surface area contributed by atoms with E-state index in [0.717, 1.165) is 17.8 Å². The molecule has 0 saturated carbocycles. The molecule has 1 saturated heterocycles. The molecular formula is C15H21N3O5. The van der Waals surface area contributed by atoms with Crippen molar-refractivity contribution < 1.29 is 18.7 Å². The van der Waals surface area contributed by atoms with Crippen LogP contribution < -0.4 is 5.76 Å². The second kappa shape index (κ2) is 6.69. The number of nitrogens with zero attached hydrogens (tertiary/aromatic N) is 3. The number of aliphatic hydroxyl groups is 1. The summed E-state index contributed by atoms with van der Waals surface area (Å²) in [6.45, 7) is 6.05. The van der Waals surface area contributed by atoms with Crippen molar-refractivity contribution in [2.45, 2.75) is 38.7 Å². The van der Waals surface area contributed by atoms with Gasteiger partial charge in [-0.15, -0.1) is 5.10 Å². The number of morpholine rings is 1. The Kier molecular flexibility index (Phi) is 4.65. The van der Waals surface area contributed by atoms with Crippen LogP contribution >= 0.6 is 0 Å². The second-order valence-electron chi connectivity index (χ2n) is 5.96. The molecule has 23 heavy (non-hydrogen) atoms. The van der Waals surface area contributed by atoms with Gasteiger partial charge in [0, 0.05) is 19.6 Å². The maximum absolute atomic E-state index is 11.8. The van der Waals surface area contributed by atoms with Gasteiger partial charge in [0.2, 0.25) is 0 Å². The number of ether oxygens (including phenoxy) is 1. The van der Waals surface area contributed by atoms with Gasteiger partial charge in [-0.25, -0.2) is 4.79 Å². The van der Waals surface area contributed by atoms with Crippen LogP contribution in [0.5, 0.6) is 0 Å². The zero-order chi connectivity index (χ0) is 16.4. The summed E-state index contributed by atoms with van der Waals surface area (Å²) in [5, 5.41) is 14.3. The van der Waals surface area contributed by atoms with Gasteiger partial charge in [-0.2, -0.15) is 4.68 Å². The molecule has 0 amide bonds. The first-order valence-corrected chi connectivity index (χ1v) is 7.69. The molecule has 0 unspecified atom stereocenters. The highest BCUT2D eigenvalue weighted by Gasteiger charge is 2.24. The van der Waals surface area contributed by atoms with Gasteiger partial charge in [0.15, 0.2) is 5.76 Å². The lowest BCUT2D eigenvalue weighted by atomic mass is 10.2. The van der Waals surface area contributed by atoms with E-state index in [-0.39, 0.29) is 24.6 Å². The topological polar surface area (TPSA) is 93.9 Å². The molecule has 0 bridgehead atoms. The van der Waals surface area contributed by atoms with E-state index < -0.39 is 11.9 Å². The highest BCUT2D eigenvalue weighted by molar-refractivity contribution is 5.42. The molecule has 0 aliphatic carbocycles. The molecule has 8 heteroatoms. The van der Waals surface area contributed by atoms with Gasteiger partial charge >= 0.3 is 5.76 Å². The summed E-state index contributed by atoms with van der Waals surface area (Å²) in [6.07, 6.45) is 1.02. The average molecular weight is 323 g/mol. The van der Waals surface area contributed by atoms with Gasteiger partial charge in [-0.05, 0) is 26.0 Å². The molecule has 0 radical (unpaired) electrons. The van der Waals surface area contributed by atoms with Crippen molar-refractivity contribution in [1.29, 1.82) is 0 Å². The van der Waals surface area contributed by atoms with Crippen LogP contribution in [0.15, 0.2) is 32.0 Å². The third-order valence-corrected chi connectivity index (χ3v) is 3.69. The molecule has 126 valence electrons. The molecule has 2 aromatic rings. The molecule has 3 heterocycles. The fourth-order valence-electron chi connectivity index (χ4n) is 2.91. The van der Waals surface area contributed by atoms with Crippen molar-refractivity contribution in [1.82, 2.24) is 14.7 Å². The van der Waals surface area contributed by atoms with Crippen molar-refractivity contribution in [3.05, 3.63) is 28.9 Å². The Bertz CT molecular complexity index is 668. The van der Waals surface area contributed by atoms with Gasteiger partial charge in [-0.3, -0.25) is 4.90 Å². The zero-order valence-corrected chi connectivity index (χ0v) is 13.2. The summed E-state index contributed by atoms with van der Waals surface area (Å²) in [5.74, 6) is -0.119. The zero-order valence-electron chi connectivity index (χ0n) is 13.2. The largest absolute Gasteiger partial charge is 0.459 e. The minimum Gasteiger partial charge on any atom is -0.459 e. The number of hydrogen-bond acceptors (Lipinski definition) is 7. The van der Waals surface area contributed by atoms with E-state index in [2.05, 4.69) is 10.00 Å². The predicted octanol–water partition coefficient (Wildman–Crippen LogP) is 0.566. The monoisotopic (exact) mass is 323 g/mol. The number of aliphatic hydroxyl groups excluding tert-OH is 1. The summed E-state index contributed by atoms with van der Waals surface area (Å²) in [4.78, 5) is 13.9. The first-order valence-electron chi connectivity index (χ1n) is 7.69. The third-order valence-electron chi connectivity index (χ3n) is 3.69. The summed E-state index contributed by atoms with van der Waals surface area (Å²) in [5.41, 5.74) is 0. The molecule has 8 nitrogen and oxygen atoms in total. The fourth-order valence-corrected chi connectivity index (χ4v) is 2.91. The predicted molar refractivity (Wildman–Crippen MR) is 80.9 cm³/mol. The Morgan fingerprint density at radius 1 is 1.35 bits per heavy atom. The van der Waals surface area contributed by atoms with Gasteiger partial charge in [0.25, 0.3) is 5.89 Å². The summed E-state index contributed by atoms with van der Waals surface area (Å²) in [6, 6.07) is 3.34. The van der Waals surface area contributed by atoms with Crippen molar-refractivity contribution in [2.75, 3.05) is 19.6 Å². The number of β-amino-alcohol motifs (C(OH)–C–C–N with tert-alkyl or cyclic N) is 1. The van der Waals surface area contributed by atoms with E-state index in [1.165, 1.54) is 6.26 Å².